The van der Waals surface area contributed by atoms with E-state index in [1.54, 1.807) is 0 Å². The molecule has 1 unspecified atom stereocenters. The second-order valence-electron chi connectivity index (χ2n) is 4.04. The van der Waals surface area contributed by atoms with E-state index in [4.69, 9.17) is 4.74 Å². The molecule has 1 aromatic rings. The number of ether oxygens (including phenoxy) is 1. The summed E-state index contributed by atoms with van der Waals surface area (Å²) in [5.41, 5.74) is 0.868. The Kier molecular flexibility index (Phi) is 1.53. The van der Waals surface area contributed by atoms with Gasteiger partial charge in [-0.1, -0.05) is 12.1 Å². The Morgan fingerprint density at radius 1 is 1.43 bits per heavy atom. The normalized spacial score (nSPS) is 26.2. The Morgan fingerprint density at radius 2 is 2.21 bits per heavy atom. The minimum atomic E-state index is -0.122. The first kappa shape index (κ1) is 8.12. The molecule has 74 valence electrons. The highest BCUT2D eigenvalue weighted by Crippen LogP contribution is 2.49. The van der Waals surface area contributed by atoms with E-state index in [-0.39, 0.29) is 18.2 Å². The molecule has 2 N–H and O–H groups in total. The van der Waals surface area contributed by atoms with Gasteiger partial charge in [0.1, 0.15) is 11.4 Å². The van der Waals surface area contributed by atoms with Crippen LogP contribution in [0.2, 0.25) is 0 Å². The molecule has 1 saturated carbocycles. The van der Waals surface area contributed by atoms with E-state index in [9.17, 15) is 5.11 Å². The molecule has 1 aliphatic heterocycles. The zero-order chi connectivity index (χ0) is 9.60. The number of hydrogen-bond donors (Lipinski definition) is 2. The van der Waals surface area contributed by atoms with Crippen LogP contribution in [0.5, 0.6) is 5.75 Å². The van der Waals surface area contributed by atoms with Crippen molar-refractivity contribution >= 4 is 5.69 Å². The van der Waals surface area contributed by atoms with Gasteiger partial charge in [-0.25, -0.2) is 0 Å². The van der Waals surface area contributed by atoms with Crippen LogP contribution in [0.15, 0.2) is 24.3 Å². The minimum absolute atomic E-state index is 0.0531. The largest absolute Gasteiger partial charge is 0.483 e. The fraction of sp³-hybridized carbons (Fsp3) is 0.455. The van der Waals surface area contributed by atoms with Gasteiger partial charge in [-0.05, 0) is 25.0 Å². The smallest absolute Gasteiger partial charge is 0.143 e. The Hall–Kier alpha value is -1.22. The third-order valence-corrected chi connectivity index (χ3v) is 3.09. The van der Waals surface area contributed by atoms with Crippen molar-refractivity contribution in [3.05, 3.63) is 24.3 Å². The van der Waals surface area contributed by atoms with Crippen molar-refractivity contribution in [3.63, 3.8) is 0 Å². The summed E-state index contributed by atoms with van der Waals surface area (Å²) in [6, 6.07) is 7.94. The van der Waals surface area contributed by atoms with Crippen molar-refractivity contribution < 1.29 is 9.84 Å². The highest BCUT2D eigenvalue weighted by atomic mass is 16.5. The molecule has 0 saturated heterocycles. The maximum Gasteiger partial charge on any atom is 0.143 e. The lowest BCUT2D eigenvalue weighted by Crippen LogP contribution is -2.45. The van der Waals surface area contributed by atoms with Gasteiger partial charge < -0.3 is 15.2 Å². The predicted octanol–water partition coefficient (Wildman–Crippen LogP) is 1.38. The van der Waals surface area contributed by atoms with Crippen LogP contribution in [0, 0.1) is 0 Å². The summed E-state index contributed by atoms with van der Waals surface area (Å²) in [5.74, 6) is 0.912. The third-order valence-electron chi connectivity index (χ3n) is 3.09. The molecule has 1 heterocycles. The average molecular weight is 191 g/mol. The highest BCUT2D eigenvalue weighted by Gasteiger charge is 2.54. The number of hydrogen-bond acceptors (Lipinski definition) is 3. The van der Waals surface area contributed by atoms with Gasteiger partial charge in [0.05, 0.1) is 18.3 Å². The molecule has 1 atom stereocenters. The van der Waals surface area contributed by atoms with Gasteiger partial charge >= 0.3 is 0 Å². The van der Waals surface area contributed by atoms with E-state index in [1.165, 1.54) is 0 Å². The molecule has 3 nitrogen and oxygen atoms in total. The third kappa shape index (κ3) is 1.02. The van der Waals surface area contributed by atoms with E-state index >= 15 is 0 Å². The van der Waals surface area contributed by atoms with Crippen LogP contribution in [-0.4, -0.2) is 23.4 Å². The Labute approximate surface area is 82.7 Å². The van der Waals surface area contributed by atoms with Crippen molar-refractivity contribution in [2.24, 2.45) is 0 Å². The number of anilines is 1. The lowest BCUT2D eigenvalue weighted by Gasteiger charge is -2.34. The Morgan fingerprint density at radius 3 is 2.93 bits per heavy atom. The van der Waals surface area contributed by atoms with Crippen molar-refractivity contribution in [2.75, 3.05) is 11.9 Å². The lowest BCUT2D eigenvalue weighted by molar-refractivity contribution is 0.109. The van der Waals surface area contributed by atoms with E-state index < -0.39 is 0 Å². The summed E-state index contributed by atoms with van der Waals surface area (Å²) < 4.78 is 5.91. The molecule has 3 heteroatoms. The molecule has 2 aliphatic rings. The Balaban J connectivity index is 1.98. The van der Waals surface area contributed by atoms with E-state index in [1.807, 2.05) is 24.3 Å². The molecular weight excluding hydrogens is 178 g/mol. The summed E-state index contributed by atoms with van der Waals surface area (Å²) >= 11 is 0. The molecule has 0 aromatic heterocycles. The van der Waals surface area contributed by atoms with Crippen molar-refractivity contribution in [1.82, 2.24) is 0 Å². The van der Waals surface area contributed by atoms with Crippen molar-refractivity contribution in [3.8, 4) is 5.75 Å². The number of rotatable bonds is 1. The molecule has 3 rings (SSSR count). The van der Waals surface area contributed by atoms with Crippen LogP contribution >= 0.6 is 0 Å². The van der Waals surface area contributed by atoms with Crippen LogP contribution in [0.25, 0.3) is 0 Å². The average Bonchev–Trinajstić information content (AvgIpc) is 2.97. The number of para-hydroxylation sites is 2. The Bertz CT molecular complexity index is 360. The van der Waals surface area contributed by atoms with Gasteiger partial charge in [-0.3, -0.25) is 0 Å². The predicted molar refractivity (Wildman–Crippen MR) is 53.5 cm³/mol. The van der Waals surface area contributed by atoms with Crippen LogP contribution in [0.3, 0.4) is 0 Å². The standard InChI is InChI=1S/C11H13NO2/c13-7-10-11(5-6-11)14-9-4-2-1-3-8(9)12-10/h1-4,10,12-13H,5-7H2. The number of aliphatic hydroxyl groups excluding tert-OH is 1. The number of benzene rings is 1. The van der Waals surface area contributed by atoms with Gasteiger partial charge in [0.15, 0.2) is 0 Å². The van der Waals surface area contributed by atoms with E-state index in [0.717, 1.165) is 24.3 Å². The summed E-state index contributed by atoms with van der Waals surface area (Å²) in [4.78, 5) is 0. The first-order valence-corrected chi connectivity index (χ1v) is 4.99. The zero-order valence-corrected chi connectivity index (χ0v) is 7.86. The maximum atomic E-state index is 9.25. The highest BCUT2D eigenvalue weighted by molar-refractivity contribution is 5.60. The zero-order valence-electron chi connectivity index (χ0n) is 7.86. The lowest BCUT2D eigenvalue weighted by atomic mass is 10.1. The summed E-state index contributed by atoms with van der Waals surface area (Å²) in [6.45, 7) is 0.133. The summed E-state index contributed by atoms with van der Waals surface area (Å²) in [7, 11) is 0. The second-order valence-corrected chi connectivity index (χ2v) is 4.04. The molecule has 0 bridgehead atoms. The van der Waals surface area contributed by atoms with Gasteiger partial charge in [0.25, 0.3) is 0 Å². The fourth-order valence-corrected chi connectivity index (χ4v) is 2.07. The monoisotopic (exact) mass is 191 g/mol. The van der Waals surface area contributed by atoms with Gasteiger partial charge in [-0.15, -0.1) is 0 Å². The molecule has 14 heavy (non-hydrogen) atoms. The molecule has 1 spiro atoms. The van der Waals surface area contributed by atoms with Gasteiger partial charge in [0.2, 0.25) is 0 Å². The molecule has 1 aromatic carbocycles. The van der Waals surface area contributed by atoms with Crippen molar-refractivity contribution in [2.45, 2.75) is 24.5 Å². The van der Waals surface area contributed by atoms with Crippen LogP contribution in [0.4, 0.5) is 5.69 Å². The van der Waals surface area contributed by atoms with Crippen LogP contribution in [-0.2, 0) is 0 Å². The number of aliphatic hydroxyl groups is 1. The van der Waals surface area contributed by atoms with Gasteiger partial charge in [-0.2, -0.15) is 0 Å². The first-order chi connectivity index (χ1) is 6.84. The number of nitrogens with one attached hydrogen (secondary N) is 1. The molecular formula is C11H13NO2. The number of fused-ring (bicyclic) bond motifs is 1. The fourth-order valence-electron chi connectivity index (χ4n) is 2.07. The summed E-state index contributed by atoms with van der Waals surface area (Å²) in [6.07, 6.45) is 2.08. The molecule has 1 aliphatic carbocycles. The first-order valence-electron chi connectivity index (χ1n) is 4.99. The molecule has 0 amide bonds. The van der Waals surface area contributed by atoms with Gasteiger partial charge in [0, 0.05) is 0 Å². The van der Waals surface area contributed by atoms with Crippen molar-refractivity contribution in [1.29, 1.82) is 0 Å². The maximum absolute atomic E-state index is 9.25. The van der Waals surface area contributed by atoms with E-state index in [2.05, 4.69) is 5.32 Å². The SMILES string of the molecule is OCC1Nc2ccccc2OC12CC2. The minimum Gasteiger partial charge on any atom is -0.483 e. The summed E-state index contributed by atoms with van der Waals surface area (Å²) in [5, 5.41) is 12.6. The molecule has 0 radical (unpaired) electrons. The molecule has 1 fully saturated rings. The van der Waals surface area contributed by atoms with E-state index in [0.29, 0.717) is 0 Å². The topological polar surface area (TPSA) is 41.5 Å². The quantitative estimate of drug-likeness (QED) is 0.704. The second kappa shape index (κ2) is 2.64. The van der Waals surface area contributed by atoms with Crippen LogP contribution in [0.1, 0.15) is 12.8 Å². The van der Waals surface area contributed by atoms with Crippen LogP contribution < -0.4 is 10.1 Å².